The monoisotopic (exact) mass is 541 g/mol. The maximum absolute atomic E-state index is 12.7. The van der Waals surface area contributed by atoms with Gasteiger partial charge in [0.15, 0.2) is 11.8 Å². The quantitative estimate of drug-likeness (QED) is 0.299. The Hall–Kier alpha value is -2.21. The van der Waals surface area contributed by atoms with Gasteiger partial charge in [0.2, 0.25) is 5.91 Å². The summed E-state index contributed by atoms with van der Waals surface area (Å²) in [4.78, 5) is 23.3. The van der Waals surface area contributed by atoms with Gasteiger partial charge in [-0.2, -0.15) is 5.10 Å². The smallest absolute Gasteiger partial charge is 0.242 e. The first-order valence-corrected chi connectivity index (χ1v) is 10.3. The first-order chi connectivity index (χ1) is 14.6. The number of nitrogens with zero attached hydrogens (tertiary/aromatic N) is 5. The number of guanidine groups is 1. The number of halogens is 1. The SMILES string of the molecule is CCN(Cc1ccccc1)C(=O)CNC(=NC)NC1CCc2nc(COC)nn2C1.I. The van der Waals surface area contributed by atoms with Gasteiger partial charge in [0, 0.05) is 39.7 Å². The summed E-state index contributed by atoms with van der Waals surface area (Å²) in [5.41, 5.74) is 1.12. The largest absolute Gasteiger partial charge is 0.377 e. The van der Waals surface area contributed by atoms with Gasteiger partial charge in [-0.25, -0.2) is 9.67 Å². The van der Waals surface area contributed by atoms with Crippen LogP contribution in [0.25, 0.3) is 0 Å². The highest BCUT2D eigenvalue weighted by Gasteiger charge is 2.22. The van der Waals surface area contributed by atoms with E-state index in [2.05, 4.69) is 25.7 Å². The highest BCUT2D eigenvalue weighted by Crippen LogP contribution is 2.13. The molecule has 1 amide bonds. The van der Waals surface area contributed by atoms with E-state index >= 15 is 0 Å². The summed E-state index contributed by atoms with van der Waals surface area (Å²) in [5.74, 6) is 2.34. The van der Waals surface area contributed by atoms with Crippen molar-refractivity contribution in [2.75, 3.05) is 27.2 Å². The van der Waals surface area contributed by atoms with E-state index < -0.39 is 0 Å². The molecule has 10 heteroatoms. The molecule has 1 unspecified atom stereocenters. The van der Waals surface area contributed by atoms with E-state index in [0.29, 0.717) is 38.0 Å². The maximum atomic E-state index is 12.7. The fourth-order valence-electron chi connectivity index (χ4n) is 3.51. The lowest BCUT2D eigenvalue weighted by molar-refractivity contribution is -0.130. The molecule has 170 valence electrons. The lowest BCUT2D eigenvalue weighted by Crippen LogP contribution is -2.49. The normalized spacial score (nSPS) is 15.6. The third-order valence-electron chi connectivity index (χ3n) is 5.10. The van der Waals surface area contributed by atoms with Crippen molar-refractivity contribution in [1.82, 2.24) is 30.3 Å². The Morgan fingerprint density at radius 3 is 2.81 bits per heavy atom. The number of ether oxygens (including phenoxy) is 1. The Balaban J connectivity index is 0.00000341. The molecule has 0 saturated heterocycles. The van der Waals surface area contributed by atoms with E-state index in [-0.39, 0.29) is 42.5 Å². The second kappa shape index (κ2) is 12.6. The molecule has 0 fully saturated rings. The number of fused-ring (bicyclic) bond motifs is 1. The Morgan fingerprint density at radius 2 is 2.13 bits per heavy atom. The molecule has 9 nitrogen and oxygen atoms in total. The molecule has 0 spiro atoms. The Bertz CT molecular complexity index is 857. The van der Waals surface area contributed by atoms with Crippen molar-refractivity contribution in [3.8, 4) is 0 Å². The molecular formula is C21H32IN7O2. The number of benzene rings is 1. The van der Waals surface area contributed by atoms with Gasteiger partial charge >= 0.3 is 0 Å². The fourth-order valence-corrected chi connectivity index (χ4v) is 3.51. The first kappa shape index (κ1) is 25.1. The topological polar surface area (TPSA) is 96.7 Å². The van der Waals surface area contributed by atoms with Crippen LogP contribution in [0.1, 0.15) is 30.6 Å². The van der Waals surface area contributed by atoms with Gasteiger partial charge in [-0.05, 0) is 18.9 Å². The molecule has 0 bridgehead atoms. The summed E-state index contributed by atoms with van der Waals surface area (Å²) in [5, 5.41) is 11.0. The number of aryl methyl sites for hydroxylation is 1. The molecule has 0 radical (unpaired) electrons. The predicted octanol–water partition coefficient (Wildman–Crippen LogP) is 1.57. The van der Waals surface area contributed by atoms with Crippen molar-refractivity contribution in [3.63, 3.8) is 0 Å². The van der Waals surface area contributed by atoms with Gasteiger partial charge in [0.1, 0.15) is 12.4 Å². The summed E-state index contributed by atoms with van der Waals surface area (Å²) >= 11 is 0. The van der Waals surface area contributed by atoms with Gasteiger partial charge in [0.05, 0.1) is 13.1 Å². The van der Waals surface area contributed by atoms with Gasteiger partial charge in [-0.15, -0.1) is 24.0 Å². The molecule has 1 aliphatic rings. The minimum atomic E-state index is 0. The Kier molecular flexibility index (Phi) is 10.2. The average Bonchev–Trinajstić information content (AvgIpc) is 3.17. The molecule has 1 aliphatic heterocycles. The second-order valence-electron chi connectivity index (χ2n) is 7.26. The number of aromatic nitrogens is 3. The molecule has 1 aromatic carbocycles. The number of rotatable bonds is 8. The van der Waals surface area contributed by atoms with Crippen LogP contribution in [0.3, 0.4) is 0 Å². The van der Waals surface area contributed by atoms with Crippen LogP contribution in [0, 0.1) is 0 Å². The zero-order valence-corrected chi connectivity index (χ0v) is 20.7. The second-order valence-corrected chi connectivity index (χ2v) is 7.26. The van der Waals surface area contributed by atoms with E-state index in [1.54, 1.807) is 14.2 Å². The van der Waals surface area contributed by atoms with Gasteiger partial charge < -0.3 is 20.3 Å². The van der Waals surface area contributed by atoms with E-state index in [9.17, 15) is 4.79 Å². The predicted molar refractivity (Wildman–Crippen MR) is 130 cm³/mol. The summed E-state index contributed by atoms with van der Waals surface area (Å²) in [6, 6.07) is 10.2. The van der Waals surface area contributed by atoms with Gasteiger partial charge in [-0.3, -0.25) is 9.79 Å². The standard InChI is InChI=1S/C21H31N7O2.HI/c1-4-27(13-16-8-6-5-7-9-16)20(29)12-23-21(22-2)24-17-10-11-19-25-18(15-30-3)26-28(19)14-17;/h5-9,17H,4,10-15H2,1-3H3,(H2,22,23,24);1H. The summed E-state index contributed by atoms with van der Waals surface area (Å²) in [6.07, 6.45) is 1.76. The number of nitrogens with one attached hydrogen (secondary N) is 2. The number of hydrogen-bond acceptors (Lipinski definition) is 5. The number of carbonyl (C=O) groups excluding carboxylic acids is 1. The van der Waals surface area contributed by atoms with E-state index in [0.717, 1.165) is 24.2 Å². The zero-order chi connectivity index (χ0) is 21.3. The molecule has 2 N–H and O–H groups in total. The van der Waals surface area contributed by atoms with Crippen LogP contribution in [0.5, 0.6) is 0 Å². The number of likely N-dealkylation sites (N-methyl/N-ethyl adjacent to an activating group) is 1. The zero-order valence-electron chi connectivity index (χ0n) is 18.4. The van der Waals surface area contributed by atoms with E-state index in [4.69, 9.17) is 4.74 Å². The number of methoxy groups -OCH3 is 1. The van der Waals surface area contributed by atoms with Crippen LogP contribution in [-0.4, -0.2) is 64.8 Å². The minimum Gasteiger partial charge on any atom is -0.377 e. The molecule has 0 aliphatic carbocycles. The van der Waals surface area contributed by atoms with E-state index in [1.165, 1.54) is 0 Å². The minimum absolute atomic E-state index is 0. The van der Waals surface area contributed by atoms with Gasteiger partial charge in [0.25, 0.3) is 0 Å². The van der Waals surface area contributed by atoms with Crippen LogP contribution in [0.4, 0.5) is 0 Å². The van der Waals surface area contributed by atoms with Crippen molar-refractivity contribution in [3.05, 3.63) is 47.5 Å². The molecule has 1 atom stereocenters. The van der Waals surface area contributed by atoms with Crippen molar-refractivity contribution in [2.45, 2.75) is 45.5 Å². The molecular weight excluding hydrogens is 509 g/mol. The molecule has 3 rings (SSSR count). The van der Waals surface area contributed by atoms with Crippen molar-refractivity contribution >= 4 is 35.8 Å². The molecule has 31 heavy (non-hydrogen) atoms. The van der Waals surface area contributed by atoms with Crippen LogP contribution < -0.4 is 10.6 Å². The van der Waals surface area contributed by atoms with Crippen molar-refractivity contribution in [2.24, 2.45) is 4.99 Å². The Morgan fingerprint density at radius 1 is 1.35 bits per heavy atom. The van der Waals surface area contributed by atoms with Crippen LogP contribution in [0.15, 0.2) is 35.3 Å². The maximum Gasteiger partial charge on any atom is 0.242 e. The Labute approximate surface area is 200 Å². The third-order valence-corrected chi connectivity index (χ3v) is 5.10. The number of amides is 1. The number of carbonyl (C=O) groups is 1. The molecule has 1 aromatic heterocycles. The molecule has 2 aromatic rings. The van der Waals surface area contributed by atoms with Crippen molar-refractivity contribution < 1.29 is 9.53 Å². The summed E-state index contributed by atoms with van der Waals surface area (Å²) < 4.78 is 7.04. The van der Waals surface area contributed by atoms with Crippen LogP contribution >= 0.6 is 24.0 Å². The van der Waals surface area contributed by atoms with Crippen LogP contribution in [-0.2, 0) is 35.6 Å². The van der Waals surface area contributed by atoms with Crippen LogP contribution in [0.2, 0.25) is 0 Å². The highest BCUT2D eigenvalue weighted by atomic mass is 127. The lowest BCUT2D eigenvalue weighted by Gasteiger charge is -2.26. The van der Waals surface area contributed by atoms with Gasteiger partial charge in [-0.1, -0.05) is 30.3 Å². The first-order valence-electron chi connectivity index (χ1n) is 10.3. The summed E-state index contributed by atoms with van der Waals surface area (Å²) in [7, 11) is 3.35. The third kappa shape index (κ3) is 7.17. The fraction of sp³-hybridized carbons (Fsp3) is 0.524. The average molecular weight is 541 g/mol. The van der Waals surface area contributed by atoms with E-state index in [1.807, 2.05) is 46.8 Å². The number of aliphatic imine (C=N–C) groups is 1. The lowest BCUT2D eigenvalue weighted by atomic mass is 10.1. The van der Waals surface area contributed by atoms with Crippen molar-refractivity contribution in [1.29, 1.82) is 0 Å². The molecule has 0 saturated carbocycles. The number of hydrogen-bond donors (Lipinski definition) is 2. The highest BCUT2D eigenvalue weighted by molar-refractivity contribution is 14.0. The molecule has 2 heterocycles. The summed E-state index contributed by atoms with van der Waals surface area (Å²) in [6.45, 7) is 4.56.